The number of anilines is 5. The van der Waals surface area contributed by atoms with Crippen LogP contribution in [0, 0.1) is 12.3 Å². The van der Waals surface area contributed by atoms with E-state index in [1.165, 1.54) is 19.2 Å². The summed E-state index contributed by atoms with van der Waals surface area (Å²) in [5, 5.41) is 13.5. The number of halogens is 2. The van der Waals surface area contributed by atoms with Crippen LogP contribution in [0.3, 0.4) is 0 Å². The number of fused-ring (bicyclic) bond motifs is 1. The van der Waals surface area contributed by atoms with Crippen LogP contribution in [-0.2, 0) is 10.0 Å². The number of hydrogen-bond acceptors (Lipinski definition) is 8. The number of aliphatic hydroxyl groups is 1. The fourth-order valence-corrected chi connectivity index (χ4v) is 7.02. The number of aryl methyl sites for hydroxylation is 1. The van der Waals surface area contributed by atoms with Gasteiger partial charge in [0.15, 0.2) is 0 Å². The van der Waals surface area contributed by atoms with Crippen molar-refractivity contribution in [1.82, 2.24) is 9.97 Å². The van der Waals surface area contributed by atoms with E-state index in [0.29, 0.717) is 48.4 Å². The van der Waals surface area contributed by atoms with Crippen molar-refractivity contribution < 1.29 is 22.3 Å². The molecule has 3 heterocycles. The third-order valence-electron chi connectivity index (χ3n) is 8.80. The molecule has 1 spiro atoms. The van der Waals surface area contributed by atoms with Crippen LogP contribution in [0.2, 0.25) is 0 Å². The number of benzene rings is 2. The maximum Gasteiger partial charge on any atom is 0.269 e. The van der Waals surface area contributed by atoms with Gasteiger partial charge in [-0.3, -0.25) is 4.72 Å². The monoisotopic (exact) mass is 598 g/mol. The Labute approximate surface area is 244 Å². The summed E-state index contributed by atoms with van der Waals surface area (Å²) < 4.78 is 53.8. The zero-order valence-electron chi connectivity index (χ0n) is 23.7. The van der Waals surface area contributed by atoms with E-state index >= 15 is 0 Å². The summed E-state index contributed by atoms with van der Waals surface area (Å²) in [7, 11) is -3.72. The Morgan fingerprint density at radius 1 is 0.952 bits per heavy atom. The number of nitrogens with zero attached hydrogens (tertiary/aromatic N) is 4. The van der Waals surface area contributed by atoms with Gasteiger partial charge in [-0.05, 0) is 92.3 Å². The number of aromatic nitrogens is 2. The number of hydrogen-bond donors (Lipinski definition) is 3. The molecule has 9 nitrogen and oxygen atoms in total. The molecule has 0 radical (unpaired) electrons. The van der Waals surface area contributed by atoms with Crippen molar-refractivity contribution >= 4 is 49.5 Å². The molecule has 0 atom stereocenters. The first-order valence-corrected chi connectivity index (χ1v) is 16.1. The molecule has 42 heavy (non-hydrogen) atoms. The van der Waals surface area contributed by atoms with Crippen LogP contribution >= 0.6 is 0 Å². The van der Waals surface area contributed by atoms with E-state index in [2.05, 4.69) is 35.9 Å². The minimum absolute atomic E-state index is 0.237. The molecule has 12 heteroatoms. The highest BCUT2D eigenvalue weighted by Gasteiger charge is 2.44. The minimum Gasteiger partial charge on any atom is -0.395 e. The average molecular weight is 599 g/mol. The van der Waals surface area contributed by atoms with Crippen LogP contribution in [0.15, 0.2) is 48.3 Å². The van der Waals surface area contributed by atoms with Gasteiger partial charge in [0, 0.05) is 37.6 Å². The lowest BCUT2D eigenvalue weighted by molar-refractivity contribution is 0.320. The van der Waals surface area contributed by atoms with Gasteiger partial charge in [-0.15, -0.1) is 0 Å². The predicted molar refractivity (Wildman–Crippen MR) is 162 cm³/mol. The van der Waals surface area contributed by atoms with Gasteiger partial charge < -0.3 is 20.2 Å². The third-order valence-corrected chi connectivity index (χ3v) is 10.1. The van der Waals surface area contributed by atoms with E-state index in [9.17, 15) is 22.3 Å². The maximum atomic E-state index is 13.1. The fraction of sp³-hybridized carbons (Fsp3) is 0.467. The highest BCUT2D eigenvalue weighted by Crippen LogP contribution is 2.54. The largest absolute Gasteiger partial charge is 0.395 e. The molecule has 3 N–H and O–H groups in total. The molecule has 3 fully saturated rings. The van der Waals surface area contributed by atoms with Crippen LogP contribution in [0.4, 0.5) is 37.3 Å². The van der Waals surface area contributed by atoms with Gasteiger partial charge in [0.25, 0.3) is 6.08 Å². The van der Waals surface area contributed by atoms with E-state index in [-0.39, 0.29) is 5.57 Å². The van der Waals surface area contributed by atoms with Gasteiger partial charge in [-0.2, -0.15) is 8.78 Å². The maximum absolute atomic E-state index is 13.1. The van der Waals surface area contributed by atoms with E-state index in [4.69, 9.17) is 0 Å². The Hall–Kier alpha value is -3.51. The molecule has 1 aliphatic carbocycles. The molecule has 0 bridgehead atoms. The van der Waals surface area contributed by atoms with Gasteiger partial charge in [0.1, 0.15) is 12.1 Å². The number of rotatable bonds is 8. The topological polar surface area (TPSA) is 111 Å². The second kappa shape index (κ2) is 11.3. The summed E-state index contributed by atoms with van der Waals surface area (Å²) in [6.45, 7) is 4.30. The van der Waals surface area contributed by atoms with Crippen molar-refractivity contribution in [3.05, 3.63) is 53.9 Å². The van der Waals surface area contributed by atoms with Gasteiger partial charge in [0.2, 0.25) is 10.0 Å². The van der Waals surface area contributed by atoms with Crippen molar-refractivity contribution in [2.45, 2.75) is 45.4 Å². The molecule has 2 saturated heterocycles. The first-order chi connectivity index (χ1) is 20.1. The summed E-state index contributed by atoms with van der Waals surface area (Å²) in [5.74, 6) is 0.210. The minimum atomic E-state index is -3.72. The standard InChI is InChI=1S/C30H36F2N6O3S/c1-20-14-22(16-24(15-20)37-8-2-21(3-9-37)28(31)32)35-29-27-25(33-19-34-29)17-23(36-42(40,41)13-12-39)18-26(27)38-10-6-30(4-5-30)7-11-38/h14-19,36,39H,2-13H2,1H3,(H,33,34,35). The van der Waals surface area contributed by atoms with Crippen molar-refractivity contribution in [3.8, 4) is 0 Å². The van der Waals surface area contributed by atoms with Crippen LogP contribution in [0.25, 0.3) is 10.9 Å². The molecule has 6 rings (SSSR count). The van der Waals surface area contributed by atoms with Crippen LogP contribution < -0.4 is 19.8 Å². The highest BCUT2D eigenvalue weighted by atomic mass is 32.2. The van der Waals surface area contributed by atoms with Crippen molar-refractivity contribution in [3.63, 3.8) is 0 Å². The first-order valence-electron chi connectivity index (χ1n) is 14.5. The Morgan fingerprint density at radius 2 is 1.69 bits per heavy atom. The highest BCUT2D eigenvalue weighted by molar-refractivity contribution is 7.92. The lowest BCUT2D eigenvalue weighted by Crippen LogP contribution is -2.34. The lowest BCUT2D eigenvalue weighted by atomic mass is 9.93. The van der Waals surface area contributed by atoms with Crippen LogP contribution in [-0.4, -0.2) is 62.0 Å². The smallest absolute Gasteiger partial charge is 0.269 e. The summed E-state index contributed by atoms with van der Waals surface area (Å²) in [4.78, 5) is 13.5. The molecule has 3 aliphatic rings. The molecule has 224 valence electrons. The second-order valence-corrected chi connectivity index (χ2v) is 13.6. The number of aliphatic hydroxyl groups excluding tert-OH is 1. The van der Waals surface area contributed by atoms with E-state index < -0.39 is 28.5 Å². The van der Waals surface area contributed by atoms with Crippen molar-refractivity contribution in [2.24, 2.45) is 5.41 Å². The molecular formula is C30H36F2N6O3S. The lowest BCUT2D eigenvalue weighted by Gasteiger charge is -2.35. The predicted octanol–water partition coefficient (Wildman–Crippen LogP) is 5.55. The first kappa shape index (κ1) is 28.6. The SMILES string of the molecule is Cc1cc(Nc2ncnc3cc(NS(=O)(=O)CCO)cc(N4CCC5(CC4)CC5)c23)cc(N2CCC(=C(F)F)CC2)c1. The summed E-state index contributed by atoms with van der Waals surface area (Å²) in [6, 6.07) is 9.61. The normalized spacial score (nSPS) is 18.4. The van der Waals surface area contributed by atoms with E-state index in [1.807, 2.05) is 25.1 Å². The molecule has 0 amide bonds. The zero-order chi connectivity index (χ0) is 29.5. The molecule has 1 aromatic heterocycles. The van der Waals surface area contributed by atoms with Crippen molar-refractivity contribution in [2.75, 3.05) is 58.4 Å². The average Bonchev–Trinajstić information content (AvgIpc) is 3.71. The molecule has 2 aromatic carbocycles. The van der Waals surface area contributed by atoms with Crippen LogP contribution in [0.1, 0.15) is 44.1 Å². The number of piperidine rings is 2. The molecule has 1 saturated carbocycles. The fourth-order valence-electron chi connectivity index (χ4n) is 6.20. The van der Waals surface area contributed by atoms with E-state index in [0.717, 1.165) is 53.9 Å². The van der Waals surface area contributed by atoms with E-state index in [1.54, 1.807) is 6.07 Å². The van der Waals surface area contributed by atoms with Gasteiger partial charge in [-0.1, -0.05) is 0 Å². The van der Waals surface area contributed by atoms with Crippen molar-refractivity contribution in [1.29, 1.82) is 0 Å². The number of nitrogens with one attached hydrogen (secondary N) is 2. The third kappa shape index (κ3) is 6.14. The summed E-state index contributed by atoms with van der Waals surface area (Å²) in [6.07, 6.45) is 5.31. The van der Waals surface area contributed by atoms with Gasteiger partial charge in [0.05, 0.1) is 34.6 Å². The van der Waals surface area contributed by atoms with Crippen LogP contribution in [0.5, 0.6) is 0 Å². The van der Waals surface area contributed by atoms with Gasteiger partial charge in [-0.25, -0.2) is 18.4 Å². The molecule has 0 unspecified atom stereocenters. The summed E-state index contributed by atoms with van der Waals surface area (Å²) >= 11 is 0. The molecule has 2 aliphatic heterocycles. The Morgan fingerprint density at radius 3 is 2.36 bits per heavy atom. The zero-order valence-corrected chi connectivity index (χ0v) is 24.5. The summed E-state index contributed by atoms with van der Waals surface area (Å²) in [5.41, 5.74) is 5.34. The molecule has 3 aromatic rings. The Kier molecular flexibility index (Phi) is 7.69. The number of sulfonamides is 1. The quantitative estimate of drug-likeness (QED) is 0.310. The Balaban J connectivity index is 1.35. The Bertz CT molecular complexity index is 1620. The van der Waals surface area contributed by atoms with Gasteiger partial charge >= 0.3 is 0 Å². The second-order valence-electron chi connectivity index (χ2n) is 11.8. The molecular weight excluding hydrogens is 562 g/mol.